The second-order valence-electron chi connectivity index (χ2n) is 9.19. The van der Waals surface area contributed by atoms with Gasteiger partial charge in [-0.3, -0.25) is 9.59 Å². The summed E-state index contributed by atoms with van der Waals surface area (Å²) in [6.45, 7) is 5.73. The zero-order valence-corrected chi connectivity index (χ0v) is 19.3. The van der Waals surface area contributed by atoms with Crippen LogP contribution in [0.3, 0.4) is 0 Å². The van der Waals surface area contributed by atoms with Gasteiger partial charge < -0.3 is 20.4 Å². The van der Waals surface area contributed by atoms with Crippen LogP contribution in [-0.4, -0.2) is 29.1 Å². The Bertz CT molecular complexity index is 1120. The zero-order chi connectivity index (χ0) is 25.1. The molecule has 7 nitrogen and oxygen atoms in total. The minimum absolute atomic E-state index is 0.377. The monoisotopic (exact) mass is 479 g/mol. The fourth-order valence-electron chi connectivity index (χ4n) is 3.98. The highest BCUT2D eigenvalue weighted by Gasteiger charge is 2.32. The Kier molecular flexibility index (Phi) is 7.38. The Morgan fingerprint density at radius 1 is 1.15 bits per heavy atom. The summed E-state index contributed by atoms with van der Waals surface area (Å²) in [5.74, 6) is -0.732. The molecule has 1 aliphatic carbocycles. The molecule has 1 atom stereocenters. The van der Waals surface area contributed by atoms with E-state index in [1.807, 2.05) is 18.2 Å². The van der Waals surface area contributed by atoms with E-state index in [1.165, 1.54) is 0 Å². The van der Waals surface area contributed by atoms with E-state index >= 15 is 0 Å². The van der Waals surface area contributed by atoms with Crippen LogP contribution in [0.2, 0.25) is 0 Å². The van der Waals surface area contributed by atoms with Crippen LogP contribution in [0.15, 0.2) is 35.1 Å². The molecule has 0 bridgehead atoms. The van der Waals surface area contributed by atoms with E-state index in [0.717, 1.165) is 35.6 Å². The molecule has 0 aliphatic heterocycles. The number of amides is 2. The number of halogens is 3. The van der Waals surface area contributed by atoms with Gasteiger partial charge in [0.1, 0.15) is 16.9 Å². The van der Waals surface area contributed by atoms with Crippen molar-refractivity contribution >= 4 is 12.0 Å². The zero-order valence-electron chi connectivity index (χ0n) is 19.3. The van der Waals surface area contributed by atoms with Crippen LogP contribution in [0.4, 0.5) is 18.0 Å². The number of H-pyrrole nitrogens is 1. The average molecular weight is 479 g/mol. The van der Waals surface area contributed by atoms with Gasteiger partial charge in [-0.15, -0.1) is 0 Å². The van der Waals surface area contributed by atoms with Crippen molar-refractivity contribution in [1.29, 1.82) is 0 Å². The summed E-state index contributed by atoms with van der Waals surface area (Å²) in [7, 11) is 0. The molecule has 0 saturated carbocycles. The molecule has 184 valence electrons. The molecule has 10 heteroatoms. The van der Waals surface area contributed by atoms with Crippen LogP contribution in [0.1, 0.15) is 72.4 Å². The normalized spacial score (nSPS) is 15.9. The Morgan fingerprint density at radius 2 is 1.88 bits per heavy atom. The molecule has 0 fully saturated rings. The molecule has 2 amide bonds. The molecule has 1 aliphatic rings. The summed E-state index contributed by atoms with van der Waals surface area (Å²) >= 11 is 0. The SMILES string of the molecule is CC(C)(C)OC(=O)NCCc1cccc2c1CCCC2NC(=O)c1ccc(C(F)(F)F)[nH]c1=O. The number of rotatable bonds is 5. The summed E-state index contributed by atoms with van der Waals surface area (Å²) in [4.78, 5) is 38.3. The van der Waals surface area contributed by atoms with E-state index in [0.29, 0.717) is 25.5 Å². The Balaban J connectivity index is 1.70. The molecule has 34 heavy (non-hydrogen) atoms. The second kappa shape index (κ2) is 9.90. The number of ether oxygens (including phenoxy) is 1. The highest BCUT2D eigenvalue weighted by Crippen LogP contribution is 2.32. The van der Waals surface area contributed by atoms with Crippen molar-refractivity contribution in [2.45, 2.75) is 64.3 Å². The first-order chi connectivity index (χ1) is 15.8. The van der Waals surface area contributed by atoms with E-state index in [-0.39, 0.29) is 11.6 Å². The molecular formula is C24H28F3N3O4. The highest BCUT2D eigenvalue weighted by molar-refractivity contribution is 5.94. The van der Waals surface area contributed by atoms with E-state index in [2.05, 4.69) is 10.6 Å². The third-order valence-electron chi connectivity index (χ3n) is 5.43. The first kappa shape index (κ1) is 25.3. The molecule has 3 rings (SSSR count). The molecule has 1 aromatic carbocycles. The quantitative estimate of drug-likeness (QED) is 0.596. The third-order valence-corrected chi connectivity index (χ3v) is 5.43. The lowest BCUT2D eigenvalue weighted by Crippen LogP contribution is -2.35. The van der Waals surface area contributed by atoms with Crippen LogP contribution in [0, 0.1) is 0 Å². The van der Waals surface area contributed by atoms with Crippen molar-refractivity contribution < 1.29 is 27.5 Å². The van der Waals surface area contributed by atoms with Gasteiger partial charge in [0.05, 0.1) is 6.04 Å². The lowest BCUT2D eigenvalue weighted by atomic mass is 9.84. The summed E-state index contributed by atoms with van der Waals surface area (Å²) in [6.07, 6.45) is -2.41. The summed E-state index contributed by atoms with van der Waals surface area (Å²) in [5.41, 5.74) is -0.273. The Labute approximate surface area is 195 Å². The number of fused-ring (bicyclic) bond motifs is 1. The lowest BCUT2D eigenvalue weighted by Gasteiger charge is -2.28. The smallest absolute Gasteiger partial charge is 0.431 e. The Hall–Kier alpha value is -3.30. The highest BCUT2D eigenvalue weighted by atomic mass is 19.4. The average Bonchev–Trinajstić information content (AvgIpc) is 2.72. The maximum absolute atomic E-state index is 12.8. The number of aromatic amines is 1. The van der Waals surface area contributed by atoms with Gasteiger partial charge in [-0.1, -0.05) is 18.2 Å². The van der Waals surface area contributed by atoms with Gasteiger partial charge in [-0.2, -0.15) is 13.2 Å². The summed E-state index contributed by atoms with van der Waals surface area (Å²) in [6, 6.07) is 6.90. The minimum atomic E-state index is -4.70. The fourth-order valence-corrected chi connectivity index (χ4v) is 3.98. The van der Waals surface area contributed by atoms with E-state index in [4.69, 9.17) is 4.74 Å². The topological polar surface area (TPSA) is 100 Å². The predicted octanol–water partition coefficient (Wildman–Crippen LogP) is 4.27. The van der Waals surface area contributed by atoms with Gasteiger partial charge in [0.25, 0.3) is 11.5 Å². The van der Waals surface area contributed by atoms with Crippen LogP contribution in [0.25, 0.3) is 0 Å². The van der Waals surface area contributed by atoms with E-state index in [9.17, 15) is 27.6 Å². The molecular weight excluding hydrogens is 451 g/mol. The van der Waals surface area contributed by atoms with Gasteiger partial charge in [0, 0.05) is 6.54 Å². The summed E-state index contributed by atoms with van der Waals surface area (Å²) in [5, 5.41) is 5.52. The van der Waals surface area contributed by atoms with Crippen LogP contribution >= 0.6 is 0 Å². The van der Waals surface area contributed by atoms with Crippen molar-refractivity contribution in [3.05, 3.63) is 68.6 Å². The number of hydrogen-bond donors (Lipinski definition) is 3. The number of nitrogens with one attached hydrogen (secondary N) is 3. The van der Waals surface area contributed by atoms with Crippen molar-refractivity contribution in [3.63, 3.8) is 0 Å². The largest absolute Gasteiger partial charge is 0.444 e. The van der Waals surface area contributed by atoms with E-state index < -0.39 is 35.0 Å². The summed E-state index contributed by atoms with van der Waals surface area (Å²) < 4.78 is 43.6. The molecule has 0 spiro atoms. The third kappa shape index (κ3) is 6.39. The van der Waals surface area contributed by atoms with E-state index in [1.54, 1.807) is 25.8 Å². The number of alkyl halides is 3. The molecule has 1 aromatic heterocycles. The van der Waals surface area contributed by atoms with Gasteiger partial charge in [-0.25, -0.2) is 4.79 Å². The Morgan fingerprint density at radius 3 is 2.53 bits per heavy atom. The molecule has 0 radical (unpaired) electrons. The van der Waals surface area contributed by atoms with Crippen LogP contribution in [-0.2, 0) is 23.8 Å². The molecule has 2 aromatic rings. The number of carbonyl (C=O) groups excluding carboxylic acids is 2. The van der Waals surface area contributed by atoms with Crippen molar-refractivity contribution in [2.75, 3.05) is 6.54 Å². The maximum Gasteiger partial charge on any atom is 0.431 e. The molecule has 1 unspecified atom stereocenters. The van der Waals surface area contributed by atoms with Crippen molar-refractivity contribution in [1.82, 2.24) is 15.6 Å². The standard InChI is InChI=1S/C24H28F3N3O4/c1-23(2,3)34-22(33)28-13-12-14-6-4-8-16-15(14)7-5-9-18(16)29-20(31)17-10-11-19(24(25,26)27)30-21(17)32/h4,6,8,10-11,18H,5,7,9,12-13H2,1-3H3,(H,28,33)(H,29,31)(H,30,32). The second-order valence-corrected chi connectivity index (χ2v) is 9.19. The van der Waals surface area contributed by atoms with Gasteiger partial charge >= 0.3 is 12.3 Å². The lowest BCUT2D eigenvalue weighted by molar-refractivity contribution is -0.141. The minimum Gasteiger partial charge on any atom is -0.444 e. The van der Waals surface area contributed by atoms with Gasteiger partial charge in [-0.05, 0) is 75.3 Å². The number of pyridine rings is 1. The van der Waals surface area contributed by atoms with Crippen molar-refractivity contribution in [3.8, 4) is 0 Å². The number of hydrogen-bond acceptors (Lipinski definition) is 4. The number of aromatic nitrogens is 1. The van der Waals surface area contributed by atoms with Crippen molar-refractivity contribution in [2.24, 2.45) is 0 Å². The molecule has 1 heterocycles. The van der Waals surface area contributed by atoms with Crippen LogP contribution < -0.4 is 16.2 Å². The van der Waals surface area contributed by atoms with Gasteiger partial charge in [0.2, 0.25) is 0 Å². The maximum atomic E-state index is 12.8. The number of benzene rings is 1. The fraction of sp³-hybridized carbons (Fsp3) is 0.458. The number of alkyl carbamates (subject to hydrolysis) is 1. The first-order valence-corrected chi connectivity index (χ1v) is 11.0. The van der Waals surface area contributed by atoms with Crippen LogP contribution in [0.5, 0.6) is 0 Å². The number of carbonyl (C=O) groups is 2. The first-order valence-electron chi connectivity index (χ1n) is 11.0. The molecule has 3 N–H and O–H groups in total. The van der Waals surface area contributed by atoms with Gasteiger partial charge in [0.15, 0.2) is 0 Å². The predicted molar refractivity (Wildman–Crippen MR) is 120 cm³/mol. The molecule has 0 saturated heterocycles.